The van der Waals surface area contributed by atoms with Gasteiger partial charge in [-0.2, -0.15) is 0 Å². The Labute approximate surface area is 170 Å². The predicted octanol–water partition coefficient (Wildman–Crippen LogP) is 3.70. The summed E-state index contributed by atoms with van der Waals surface area (Å²) in [5, 5.41) is 3.52. The SMILES string of the molecule is Cc1ccc(OCCNC(=O)C2CCCN(C(=O)c3ccc(Cl)cc3)C2)cc1. The third-order valence-corrected chi connectivity index (χ3v) is 5.11. The maximum atomic E-state index is 12.7. The minimum atomic E-state index is -0.190. The smallest absolute Gasteiger partial charge is 0.253 e. The summed E-state index contributed by atoms with van der Waals surface area (Å²) in [5.74, 6) is 0.514. The molecule has 0 aliphatic carbocycles. The highest BCUT2D eigenvalue weighted by molar-refractivity contribution is 6.30. The second-order valence-corrected chi connectivity index (χ2v) is 7.49. The van der Waals surface area contributed by atoms with Crippen LogP contribution in [0.4, 0.5) is 0 Å². The number of rotatable bonds is 6. The molecule has 3 rings (SSSR count). The van der Waals surface area contributed by atoms with Crippen LogP contribution in [0.3, 0.4) is 0 Å². The molecule has 0 spiro atoms. The average Bonchev–Trinajstić information content (AvgIpc) is 2.72. The fourth-order valence-electron chi connectivity index (χ4n) is 3.27. The van der Waals surface area contributed by atoms with Crippen LogP contribution >= 0.6 is 11.6 Å². The van der Waals surface area contributed by atoms with Gasteiger partial charge in [0, 0.05) is 23.7 Å². The van der Waals surface area contributed by atoms with Crippen molar-refractivity contribution in [3.63, 3.8) is 0 Å². The van der Waals surface area contributed by atoms with Gasteiger partial charge >= 0.3 is 0 Å². The molecule has 28 heavy (non-hydrogen) atoms. The van der Waals surface area contributed by atoms with Crippen LogP contribution in [0.5, 0.6) is 5.75 Å². The Morgan fingerprint density at radius 3 is 2.57 bits per heavy atom. The zero-order valence-corrected chi connectivity index (χ0v) is 16.7. The van der Waals surface area contributed by atoms with E-state index in [9.17, 15) is 9.59 Å². The van der Waals surface area contributed by atoms with Crippen molar-refractivity contribution >= 4 is 23.4 Å². The molecule has 1 unspecified atom stereocenters. The number of halogens is 1. The minimum Gasteiger partial charge on any atom is -0.492 e. The Morgan fingerprint density at radius 2 is 1.86 bits per heavy atom. The van der Waals surface area contributed by atoms with E-state index in [2.05, 4.69) is 5.32 Å². The quantitative estimate of drug-likeness (QED) is 0.752. The molecule has 0 saturated carbocycles. The molecule has 2 amide bonds. The van der Waals surface area contributed by atoms with Crippen molar-refractivity contribution in [2.75, 3.05) is 26.2 Å². The van der Waals surface area contributed by atoms with Crippen LogP contribution in [0.1, 0.15) is 28.8 Å². The first-order valence-electron chi connectivity index (χ1n) is 9.55. The second kappa shape index (κ2) is 9.60. The lowest BCUT2D eigenvalue weighted by molar-refractivity contribution is -0.126. The molecule has 2 aromatic rings. The second-order valence-electron chi connectivity index (χ2n) is 7.05. The minimum absolute atomic E-state index is 0.0267. The highest BCUT2D eigenvalue weighted by atomic mass is 35.5. The van der Waals surface area contributed by atoms with Crippen molar-refractivity contribution in [2.45, 2.75) is 19.8 Å². The van der Waals surface area contributed by atoms with Gasteiger partial charge in [0.2, 0.25) is 5.91 Å². The predicted molar refractivity (Wildman–Crippen MR) is 110 cm³/mol. The molecule has 1 heterocycles. The van der Waals surface area contributed by atoms with Crippen molar-refractivity contribution < 1.29 is 14.3 Å². The van der Waals surface area contributed by atoms with Crippen molar-refractivity contribution in [1.82, 2.24) is 10.2 Å². The van der Waals surface area contributed by atoms with E-state index in [1.807, 2.05) is 31.2 Å². The number of hydrogen-bond acceptors (Lipinski definition) is 3. The normalized spacial score (nSPS) is 16.5. The zero-order valence-electron chi connectivity index (χ0n) is 16.0. The molecular weight excluding hydrogens is 376 g/mol. The van der Waals surface area contributed by atoms with Crippen LogP contribution in [0.2, 0.25) is 5.02 Å². The molecule has 1 aliphatic heterocycles. The highest BCUT2D eigenvalue weighted by Gasteiger charge is 2.28. The van der Waals surface area contributed by atoms with E-state index in [-0.39, 0.29) is 17.7 Å². The summed E-state index contributed by atoms with van der Waals surface area (Å²) in [4.78, 5) is 26.9. The van der Waals surface area contributed by atoms with Gasteiger partial charge in [0.05, 0.1) is 12.5 Å². The number of aryl methyl sites for hydroxylation is 1. The van der Waals surface area contributed by atoms with Gasteiger partial charge in [0.25, 0.3) is 5.91 Å². The molecule has 5 nitrogen and oxygen atoms in total. The molecule has 0 radical (unpaired) electrons. The number of carbonyl (C=O) groups is 2. The topological polar surface area (TPSA) is 58.6 Å². The summed E-state index contributed by atoms with van der Waals surface area (Å²) in [6.45, 7) is 3.98. The first-order valence-corrected chi connectivity index (χ1v) is 9.93. The molecule has 1 saturated heterocycles. The molecule has 1 N–H and O–H groups in total. The zero-order chi connectivity index (χ0) is 19.9. The van der Waals surface area contributed by atoms with E-state index in [0.29, 0.717) is 36.8 Å². The van der Waals surface area contributed by atoms with Crippen molar-refractivity contribution in [1.29, 1.82) is 0 Å². The van der Waals surface area contributed by atoms with Crippen molar-refractivity contribution in [3.05, 3.63) is 64.7 Å². The van der Waals surface area contributed by atoms with Gasteiger partial charge < -0.3 is 15.0 Å². The number of benzene rings is 2. The van der Waals surface area contributed by atoms with Crippen LogP contribution in [0.15, 0.2) is 48.5 Å². The lowest BCUT2D eigenvalue weighted by Gasteiger charge is -2.32. The maximum absolute atomic E-state index is 12.7. The molecule has 1 atom stereocenters. The summed E-state index contributed by atoms with van der Waals surface area (Å²) in [6.07, 6.45) is 1.60. The standard InChI is InChI=1S/C22H25ClN2O3/c1-16-4-10-20(11-5-16)28-14-12-24-21(26)18-3-2-13-25(15-18)22(27)17-6-8-19(23)9-7-17/h4-11,18H,2-3,12-15H2,1H3,(H,24,26). The van der Waals surface area contributed by atoms with E-state index in [1.165, 1.54) is 5.56 Å². The maximum Gasteiger partial charge on any atom is 0.253 e. The number of nitrogens with one attached hydrogen (secondary N) is 1. The molecule has 1 aliphatic rings. The number of piperidine rings is 1. The number of ether oxygens (including phenoxy) is 1. The van der Waals surface area contributed by atoms with Gasteiger partial charge in [0.15, 0.2) is 0 Å². The number of hydrogen-bond donors (Lipinski definition) is 1. The first-order chi connectivity index (χ1) is 13.5. The largest absolute Gasteiger partial charge is 0.492 e. The Morgan fingerprint density at radius 1 is 1.14 bits per heavy atom. The Kier molecular flexibility index (Phi) is 6.93. The van der Waals surface area contributed by atoms with E-state index < -0.39 is 0 Å². The molecule has 148 valence electrons. The van der Waals surface area contributed by atoms with Crippen LogP contribution in [0, 0.1) is 12.8 Å². The number of carbonyl (C=O) groups excluding carboxylic acids is 2. The molecule has 1 fully saturated rings. The first kappa shape index (κ1) is 20.2. The molecule has 2 aromatic carbocycles. The van der Waals surface area contributed by atoms with E-state index in [1.54, 1.807) is 29.2 Å². The number of amides is 2. The summed E-state index contributed by atoms with van der Waals surface area (Å²) >= 11 is 5.89. The van der Waals surface area contributed by atoms with Crippen LogP contribution < -0.4 is 10.1 Å². The monoisotopic (exact) mass is 400 g/mol. The Bertz CT molecular complexity index is 806. The van der Waals surface area contributed by atoms with Gasteiger partial charge in [0.1, 0.15) is 12.4 Å². The summed E-state index contributed by atoms with van der Waals surface area (Å²) in [6, 6.07) is 14.7. The van der Waals surface area contributed by atoms with Gasteiger partial charge in [-0.15, -0.1) is 0 Å². The Balaban J connectivity index is 1.45. The van der Waals surface area contributed by atoms with Crippen LogP contribution in [0.25, 0.3) is 0 Å². The van der Waals surface area contributed by atoms with Gasteiger partial charge in [-0.1, -0.05) is 29.3 Å². The third-order valence-electron chi connectivity index (χ3n) is 4.86. The average molecular weight is 401 g/mol. The van der Waals surface area contributed by atoms with Gasteiger partial charge in [-0.3, -0.25) is 9.59 Å². The fraction of sp³-hybridized carbons (Fsp3) is 0.364. The number of nitrogens with zero attached hydrogens (tertiary/aromatic N) is 1. The fourth-order valence-corrected chi connectivity index (χ4v) is 3.40. The summed E-state index contributed by atoms with van der Waals surface area (Å²) in [5.41, 5.74) is 1.77. The Hall–Kier alpha value is -2.53. The molecule has 0 bridgehead atoms. The lowest BCUT2D eigenvalue weighted by atomic mass is 9.96. The van der Waals surface area contributed by atoms with Crippen LogP contribution in [-0.4, -0.2) is 43.0 Å². The number of likely N-dealkylation sites (tertiary alicyclic amines) is 1. The summed E-state index contributed by atoms with van der Waals surface area (Å²) < 4.78 is 5.64. The van der Waals surface area contributed by atoms with E-state index >= 15 is 0 Å². The third kappa shape index (κ3) is 5.49. The summed E-state index contributed by atoms with van der Waals surface area (Å²) in [7, 11) is 0. The molecule has 6 heteroatoms. The van der Waals surface area contributed by atoms with Crippen LogP contribution in [-0.2, 0) is 4.79 Å². The lowest BCUT2D eigenvalue weighted by Crippen LogP contribution is -2.46. The van der Waals surface area contributed by atoms with E-state index in [4.69, 9.17) is 16.3 Å². The van der Waals surface area contributed by atoms with Gasteiger partial charge in [-0.05, 0) is 56.2 Å². The van der Waals surface area contributed by atoms with Crippen molar-refractivity contribution in [3.8, 4) is 5.75 Å². The van der Waals surface area contributed by atoms with Gasteiger partial charge in [-0.25, -0.2) is 0 Å². The molecule has 0 aromatic heterocycles. The van der Waals surface area contributed by atoms with Crippen molar-refractivity contribution in [2.24, 2.45) is 5.92 Å². The highest BCUT2D eigenvalue weighted by Crippen LogP contribution is 2.20. The molecular formula is C22H25ClN2O3. The van der Waals surface area contributed by atoms with E-state index in [0.717, 1.165) is 18.6 Å².